The van der Waals surface area contributed by atoms with Crippen LogP contribution in [0.2, 0.25) is 10.0 Å². The van der Waals surface area contributed by atoms with E-state index in [1.807, 2.05) is 36.4 Å². The molecule has 1 amide bonds. The molecule has 3 heterocycles. The molecule has 2 aromatic heterocycles. The van der Waals surface area contributed by atoms with Crippen LogP contribution in [0.1, 0.15) is 17.3 Å². The summed E-state index contributed by atoms with van der Waals surface area (Å²) in [7, 11) is 0. The summed E-state index contributed by atoms with van der Waals surface area (Å²) in [6, 6.07) is 11.1. The largest absolute Gasteiger partial charge is 0.369 e. The topological polar surface area (TPSA) is 77.1 Å². The molecule has 1 aromatic carbocycles. The van der Waals surface area contributed by atoms with Gasteiger partial charge in [0.1, 0.15) is 6.04 Å². The zero-order chi connectivity index (χ0) is 21.6. The number of carbonyl (C=O) groups excluding carboxylic acids is 1. The first kappa shape index (κ1) is 21.6. The number of nitrogens with zero attached hydrogens (tertiary/aromatic N) is 4. The Labute approximate surface area is 191 Å². The molecule has 0 radical (unpaired) electrons. The molecule has 4 rings (SSSR count). The van der Waals surface area contributed by atoms with Crippen LogP contribution in [0.5, 0.6) is 0 Å². The molecular weight excluding hydrogens is 435 g/mol. The Morgan fingerprint density at radius 2 is 1.97 bits per heavy atom. The van der Waals surface area contributed by atoms with E-state index in [1.165, 1.54) is 0 Å². The van der Waals surface area contributed by atoms with Gasteiger partial charge in [0.25, 0.3) is 0 Å². The van der Waals surface area contributed by atoms with Gasteiger partial charge in [-0.05, 0) is 30.3 Å². The molecule has 2 N–H and O–H groups in total. The molecule has 0 spiro atoms. The predicted molar refractivity (Wildman–Crippen MR) is 123 cm³/mol. The number of nitrogens with one attached hydrogen (secondary N) is 2. The minimum absolute atomic E-state index is 0.0275. The van der Waals surface area contributed by atoms with Crippen molar-refractivity contribution in [2.24, 2.45) is 0 Å². The van der Waals surface area contributed by atoms with Crippen molar-refractivity contribution >= 4 is 34.8 Å². The van der Waals surface area contributed by atoms with Crippen LogP contribution in [0.4, 0.5) is 5.69 Å². The molecule has 1 atom stereocenters. The normalized spacial score (nSPS) is 15.6. The van der Waals surface area contributed by atoms with E-state index >= 15 is 0 Å². The van der Waals surface area contributed by atoms with Gasteiger partial charge in [0.2, 0.25) is 5.91 Å². The average Bonchev–Trinajstić information content (AvgIpc) is 3.31. The lowest BCUT2D eigenvalue weighted by Gasteiger charge is -2.39. The maximum atomic E-state index is 13.1. The first-order chi connectivity index (χ1) is 15.1. The van der Waals surface area contributed by atoms with Gasteiger partial charge in [-0.15, -0.1) is 0 Å². The lowest BCUT2D eigenvalue weighted by atomic mass is 10.1. The van der Waals surface area contributed by atoms with E-state index in [0.29, 0.717) is 23.0 Å². The Balaban J connectivity index is 1.39. The van der Waals surface area contributed by atoms with Gasteiger partial charge in [-0.1, -0.05) is 29.3 Å². The van der Waals surface area contributed by atoms with Crippen LogP contribution in [0.25, 0.3) is 0 Å². The van der Waals surface area contributed by atoms with Gasteiger partial charge in [0.05, 0.1) is 16.2 Å². The average molecular weight is 459 g/mol. The minimum atomic E-state index is -0.390. The fraction of sp³-hybridized carbons (Fsp3) is 0.318. The minimum Gasteiger partial charge on any atom is -0.369 e. The fourth-order valence-corrected chi connectivity index (χ4v) is 4.11. The predicted octanol–water partition coefficient (Wildman–Crippen LogP) is 3.33. The summed E-state index contributed by atoms with van der Waals surface area (Å²) in [6.45, 7) is 3.59. The van der Waals surface area contributed by atoms with Gasteiger partial charge in [-0.2, -0.15) is 5.10 Å². The smallest absolute Gasteiger partial charge is 0.242 e. The number of hydrogen-bond donors (Lipinski definition) is 2. The van der Waals surface area contributed by atoms with Gasteiger partial charge >= 0.3 is 0 Å². The number of pyridine rings is 1. The Morgan fingerprint density at radius 1 is 1.13 bits per heavy atom. The number of halogens is 2. The van der Waals surface area contributed by atoms with Gasteiger partial charge in [0.15, 0.2) is 0 Å². The number of hydrogen-bond acceptors (Lipinski definition) is 5. The summed E-state index contributed by atoms with van der Waals surface area (Å²) in [5.41, 5.74) is 2.85. The standard InChI is InChI=1S/C22H24Cl2N6O/c23-19-5-4-18(13-20(19)24)29-9-11-30(12-10-29)21(16-14-27-28-15-16)22(31)26-8-6-17-3-1-2-7-25-17/h1-5,7,13-15,21H,6,8-12H2,(H,26,31)(H,27,28). The molecule has 31 heavy (non-hydrogen) atoms. The third kappa shape index (κ3) is 5.36. The Kier molecular flexibility index (Phi) is 7.06. The summed E-state index contributed by atoms with van der Waals surface area (Å²) in [5.74, 6) is -0.0275. The van der Waals surface area contributed by atoms with Crippen molar-refractivity contribution in [1.29, 1.82) is 0 Å². The molecule has 162 valence electrons. The third-order valence-electron chi connectivity index (χ3n) is 5.44. The Bertz CT molecular complexity index is 991. The second-order valence-electron chi connectivity index (χ2n) is 7.42. The van der Waals surface area contributed by atoms with Crippen molar-refractivity contribution in [3.05, 3.63) is 76.3 Å². The number of amides is 1. The van der Waals surface area contributed by atoms with E-state index in [4.69, 9.17) is 23.2 Å². The van der Waals surface area contributed by atoms with Crippen molar-refractivity contribution in [1.82, 2.24) is 25.4 Å². The van der Waals surface area contributed by atoms with Crippen LogP contribution in [0.15, 0.2) is 55.0 Å². The fourth-order valence-electron chi connectivity index (χ4n) is 3.81. The van der Waals surface area contributed by atoms with Gasteiger partial charge in [-0.3, -0.25) is 19.8 Å². The molecule has 3 aromatic rings. The highest BCUT2D eigenvalue weighted by molar-refractivity contribution is 6.42. The highest BCUT2D eigenvalue weighted by Gasteiger charge is 2.31. The Morgan fingerprint density at radius 3 is 2.65 bits per heavy atom. The molecule has 9 heteroatoms. The van der Waals surface area contributed by atoms with Gasteiger partial charge < -0.3 is 10.2 Å². The first-order valence-electron chi connectivity index (χ1n) is 10.2. The molecule has 0 saturated carbocycles. The van der Waals surface area contributed by atoms with E-state index in [1.54, 1.807) is 18.6 Å². The van der Waals surface area contributed by atoms with E-state index in [0.717, 1.165) is 43.1 Å². The SMILES string of the molecule is O=C(NCCc1ccccn1)C(c1cn[nH]c1)N1CCN(c2ccc(Cl)c(Cl)c2)CC1. The lowest BCUT2D eigenvalue weighted by molar-refractivity contribution is -0.126. The second-order valence-corrected chi connectivity index (χ2v) is 8.23. The van der Waals surface area contributed by atoms with Crippen molar-refractivity contribution in [3.8, 4) is 0 Å². The second kappa shape index (κ2) is 10.1. The van der Waals surface area contributed by atoms with Gasteiger partial charge in [-0.25, -0.2) is 0 Å². The molecule has 0 aliphatic carbocycles. The third-order valence-corrected chi connectivity index (χ3v) is 6.18. The van der Waals surface area contributed by atoms with Crippen LogP contribution >= 0.6 is 23.2 Å². The van der Waals surface area contributed by atoms with Crippen LogP contribution < -0.4 is 10.2 Å². The van der Waals surface area contributed by atoms with E-state index < -0.39 is 6.04 Å². The lowest BCUT2D eigenvalue weighted by Crippen LogP contribution is -2.51. The summed E-state index contributed by atoms with van der Waals surface area (Å²) < 4.78 is 0. The number of carbonyl (C=O) groups is 1. The number of aromatic nitrogens is 3. The maximum Gasteiger partial charge on any atom is 0.242 e. The highest BCUT2D eigenvalue weighted by atomic mass is 35.5. The molecule has 0 bridgehead atoms. The number of piperazine rings is 1. The van der Waals surface area contributed by atoms with E-state index in [9.17, 15) is 4.79 Å². The van der Waals surface area contributed by atoms with Crippen LogP contribution in [0, 0.1) is 0 Å². The van der Waals surface area contributed by atoms with Crippen LogP contribution in [-0.4, -0.2) is 58.7 Å². The molecule has 1 aliphatic rings. The highest BCUT2D eigenvalue weighted by Crippen LogP contribution is 2.29. The molecule has 1 fully saturated rings. The maximum absolute atomic E-state index is 13.1. The molecule has 1 unspecified atom stereocenters. The van der Waals surface area contributed by atoms with Crippen molar-refractivity contribution < 1.29 is 4.79 Å². The zero-order valence-corrected chi connectivity index (χ0v) is 18.5. The van der Waals surface area contributed by atoms with Crippen molar-refractivity contribution in [2.75, 3.05) is 37.6 Å². The number of benzene rings is 1. The van der Waals surface area contributed by atoms with E-state index in [-0.39, 0.29) is 5.91 Å². The first-order valence-corrected chi connectivity index (χ1v) is 11.0. The monoisotopic (exact) mass is 458 g/mol. The zero-order valence-electron chi connectivity index (χ0n) is 17.0. The summed E-state index contributed by atoms with van der Waals surface area (Å²) in [6.07, 6.45) is 5.96. The molecular formula is C22H24Cl2N6O. The summed E-state index contributed by atoms with van der Waals surface area (Å²) in [5, 5.41) is 11.0. The van der Waals surface area contributed by atoms with E-state index in [2.05, 4.69) is 30.3 Å². The van der Waals surface area contributed by atoms with Crippen LogP contribution in [0.3, 0.4) is 0 Å². The quantitative estimate of drug-likeness (QED) is 0.567. The number of aromatic amines is 1. The number of rotatable bonds is 7. The Hall–Kier alpha value is -2.61. The summed E-state index contributed by atoms with van der Waals surface area (Å²) >= 11 is 12.2. The van der Waals surface area contributed by atoms with Crippen molar-refractivity contribution in [3.63, 3.8) is 0 Å². The number of H-pyrrole nitrogens is 1. The molecule has 1 saturated heterocycles. The van der Waals surface area contributed by atoms with Gasteiger partial charge in [0, 0.05) is 68.5 Å². The van der Waals surface area contributed by atoms with Crippen molar-refractivity contribution in [2.45, 2.75) is 12.5 Å². The molecule has 7 nitrogen and oxygen atoms in total. The van der Waals surface area contributed by atoms with Crippen LogP contribution in [-0.2, 0) is 11.2 Å². The summed E-state index contributed by atoms with van der Waals surface area (Å²) in [4.78, 5) is 21.9. The number of anilines is 1. The molecule has 1 aliphatic heterocycles.